The number of benzene rings is 1. The minimum Gasteiger partial charge on any atom is -0.332 e. The number of anilines is 1. The summed E-state index contributed by atoms with van der Waals surface area (Å²) in [5.41, 5.74) is 0.942. The summed E-state index contributed by atoms with van der Waals surface area (Å²) in [5.74, 6) is 0.692. The highest BCUT2D eigenvalue weighted by Crippen LogP contribution is 2.35. The van der Waals surface area contributed by atoms with E-state index in [-0.39, 0.29) is 18.1 Å². The van der Waals surface area contributed by atoms with Crippen LogP contribution in [0, 0.1) is 6.92 Å². The molecule has 29 heavy (non-hydrogen) atoms. The van der Waals surface area contributed by atoms with Crippen LogP contribution in [-0.4, -0.2) is 37.4 Å². The van der Waals surface area contributed by atoms with Crippen LogP contribution in [0.5, 0.6) is 0 Å². The fourth-order valence-electron chi connectivity index (χ4n) is 3.36. The van der Waals surface area contributed by atoms with E-state index < -0.39 is 17.8 Å². The molecule has 1 N–H and O–H groups in total. The zero-order chi connectivity index (χ0) is 20.8. The first-order valence-electron chi connectivity index (χ1n) is 8.81. The van der Waals surface area contributed by atoms with E-state index in [9.17, 15) is 18.0 Å². The number of hydrogen-bond acceptors (Lipinski definition) is 5. The molecule has 3 aromatic rings. The van der Waals surface area contributed by atoms with Crippen LogP contribution in [0.4, 0.5) is 23.7 Å². The van der Waals surface area contributed by atoms with Crippen molar-refractivity contribution in [3.8, 4) is 11.6 Å². The fourth-order valence-corrected chi connectivity index (χ4v) is 3.36. The van der Waals surface area contributed by atoms with E-state index in [4.69, 9.17) is 4.52 Å². The van der Waals surface area contributed by atoms with Crippen LogP contribution >= 0.6 is 0 Å². The van der Waals surface area contributed by atoms with Gasteiger partial charge in [-0.1, -0.05) is 17.3 Å². The zero-order valence-electron chi connectivity index (χ0n) is 15.6. The van der Waals surface area contributed by atoms with Crippen molar-refractivity contribution in [1.29, 1.82) is 0 Å². The van der Waals surface area contributed by atoms with Crippen molar-refractivity contribution >= 4 is 11.7 Å². The molecule has 0 saturated carbocycles. The van der Waals surface area contributed by atoms with Gasteiger partial charge in [0.1, 0.15) is 0 Å². The average molecular weight is 406 g/mol. The van der Waals surface area contributed by atoms with E-state index in [0.717, 1.165) is 17.3 Å². The third-order valence-corrected chi connectivity index (χ3v) is 4.73. The number of carbonyl (C=O) groups is 1. The lowest BCUT2D eigenvalue weighted by molar-refractivity contribution is -0.136. The molecule has 3 heterocycles. The molecule has 0 spiro atoms. The summed E-state index contributed by atoms with van der Waals surface area (Å²) in [5, 5.41) is 10.5. The number of para-hydroxylation sites is 1. The second kappa shape index (κ2) is 6.90. The van der Waals surface area contributed by atoms with Gasteiger partial charge in [-0.2, -0.15) is 23.3 Å². The topological polar surface area (TPSA) is 89.1 Å². The minimum absolute atomic E-state index is 0.167. The number of aryl methyl sites for hydroxylation is 2. The zero-order valence-corrected chi connectivity index (χ0v) is 15.6. The first-order valence-corrected chi connectivity index (χ1v) is 8.81. The molecule has 8 nitrogen and oxygen atoms in total. The molecular formula is C18H17F3N6O2. The van der Waals surface area contributed by atoms with Gasteiger partial charge in [-0.05, 0) is 19.1 Å². The number of alkyl halides is 3. The van der Waals surface area contributed by atoms with E-state index >= 15 is 0 Å². The Hall–Kier alpha value is -3.37. The third-order valence-electron chi connectivity index (χ3n) is 4.73. The van der Waals surface area contributed by atoms with E-state index in [1.165, 1.54) is 23.1 Å². The SMILES string of the molecule is Cc1noc(-c2nn(C)c3c2CN(C(=O)Nc2ccccc2C(F)(F)F)CC3)n1. The molecule has 0 radical (unpaired) electrons. The van der Waals surface area contributed by atoms with E-state index in [1.54, 1.807) is 18.7 Å². The van der Waals surface area contributed by atoms with E-state index in [2.05, 4.69) is 20.6 Å². The first-order chi connectivity index (χ1) is 13.7. The van der Waals surface area contributed by atoms with Gasteiger partial charge in [0.2, 0.25) is 0 Å². The molecule has 2 aromatic heterocycles. The summed E-state index contributed by atoms with van der Waals surface area (Å²) in [7, 11) is 1.78. The van der Waals surface area contributed by atoms with Crippen molar-refractivity contribution in [2.24, 2.45) is 7.05 Å². The van der Waals surface area contributed by atoms with E-state index in [1.807, 2.05) is 0 Å². The van der Waals surface area contributed by atoms with Crippen LogP contribution in [0.3, 0.4) is 0 Å². The quantitative estimate of drug-likeness (QED) is 0.705. The number of urea groups is 1. The summed E-state index contributed by atoms with van der Waals surface area (Å²) < 4.78 is 46.4. The number of nitrogens with zero attached hydrogens (tertiary/aromatic N) is 5. The highest BCUT2D eigenvalue weighted by Gasteiger charge is 2.35. The number of halogens is 3. The van der Waals surface area contributed by atoms with Crippen LogP contribution in [0.15, 0.2) is 28.8 Å². The maximum atomic E-state index is 13.2. The predicted octanol–water partition coefficient (Wildman–Crippen LogP) is 3.39. The van der Waals surface area contributed by atoms with Gasteiger partial charge in [-0.15, -0.1) is 0 Å². The number of fused-ring (bicyclic) bond motifs is 1. The lowest BCUT2D eigenvalue weighted by Crippen LogP contribution is -2.39. The summed E-state index contributed by atoms with van der Waals surface area (Å²) in [6, 6.07) is 4.26. The molecule has 0 atom stereocenters. The Kier molecular flexibility index (Phi) is 4.52. The number of nitrogens with one attached hydrogen (secondary N) is 1. The van der Waals surface area contributed by atoms with Gasteiger partial charge in [0.05, 0.1) is 17.8 Å². The van der Waals surface area contributed by atoms with Crippen LogP contribution in [0.2, 0.25) is 0 Å². The third kappa shape index (κ3) is 3.55. The molecule has 0 aliphatic carbocycles. The van der Waals surface area contributed by atoms with Crippen molar-refractivity contribution in [2.45, 2.75) is 26.1 Å². The van der Waals surface area contributed by atoms with Gasteiger partial charge >= 0.3 is 12.2 Å². The summed E-state index contributed by atoms with van der Waals surface area (Å²) >= 11 is 0. The Bertz CT molecular complexity index is 1070. The number of carbonyl (C=O) groups excluding carboxylic acids is 1. The highest BCUT2D eigenvalue weighted by molar-refractivity contribution is 5.90. The van der Waals surface area contributed by atoms with Crippen LogP contribution in [0.1, 0.15) is 22.6 Å². The lowest BCUT2D eigenvalue weighted by Gasteiger charge is -2.28. The second-order valence-electron chi connectivity index (χ2n) is 6.69. The summed E-state index contributed by atoms with van der Waals surface area (Å²) in [6.45, 7) is 2.19. The van der Waals surface area contributed by atoms with Crippen molar-refractivity contribution in [3.63, 3.8) is 0 Å². The molecular weight excluding hydrogens is 389 g/mol. The van der Waals surface area contributed by atoms with Crippen molar-refractivity contribution < 1.29 is 22.5 Å². The Morgan fingerprint density at radius 3 is 2.72 bits per heavy atom. The standard InChI is InChI=1S/C18H17F3N6O2/c1-10-22-16(29-25-10)15-11-9-27(8-7-14(11)26(2)24-15)17(28)23-13-6-4-3-5-12(13)18(19,20)21/h3-6H,7-9H2,1-2H3,(H,23,28). The molecule has 0 unspecified atom stereocenters. The molecule has 0 fully saturated rings. The first kappa shape index (κ1) is 19.0. The Labute approximate surface area is 163 Å². The second-order valence-corrected chi connectivity index (χ2v) is 6.69. The van der Waals surface area contributed by atoms with Gasteiger partial charge in [0.25, 0.3) is 5.89 Å². The minimum atomic E-state index is -4.56. The predicted molar refractivity (Wildman–Crippen MR) is 95.8 cm³/mol. The van der Waals surface area contributed by atoms with Crippen LogP contribution in [0.25, 0.3) is 11.6 Å². The average Bonchev–Trinajstić information content (AvgIpc) is 3.24. The number of amides is 2. The van der Waals surface area contributed by atoms with Gasteiger partial charge in [-0.3, -0.25) is 4.68 Å². The van der Waals surface area contributed by atoms with Crippen molar-refractivity contribution in [1.82, 2.24) is 24.8 Å². The Morgan fingerprint density at radius 2 is 2.03 bits per heavy atom. The molecule has 11 heteroatoms. The number of hydrogen-bond donors (Lipinski definition) is 1. The van der Waals surface area contributed by atoms with Crippen LogP contribution in [-0.2, 0) is 26.2 Å². The molecule has 1 aromatic carbocycles. The molecule has 0 saturated heterocycles. The molecule has 1 aliphatic heterocycles. The summed E-state index contributed by atoms with van der Waals surface area (Å²) in [6.07, 6.45) is -4.06. The van der Waals surface area contributed by atoms with Crippen molar-refractivity contribution in [2.75, 3.05) is 11.9 Å². The highest BCUT2D eigenvalue weighted by atomic mass is 19.4. The monoisotopic (exact) mass is 406 g/mol. The Balaban J connectivity index is 1.59. The van der Waals surface area contributed by atoms with Gasteiger partial charge in [-0.25, -0.2) is 4.79 Å². The molecule has 0 bridgehead atoms. The normalized spacial score (nSPS) is 14.0. The maximum absolute atomic E-state index is 13.2. The van der Waals surface area contributed by atoms with Gasteiger partial charge < -0.3 is 14.7 Å². The van der Waals surface area contributed by atoms with E-state index in [0.29, 0.717) is 24.5 Å². The smallest absolute Gasteiger partial charge is 0.332 e. The fraction of sp³-hybridized carbons (Fsp3) is 0.333. The number of aromatic nitrogens is 4. The number of rotatable bonds is 2. The Morgan fingerprint density at radius 1 is 1.28 bits per heavy atom. The lowest BCUT2D eigenvalue weighted by atomic mass is 10.1. The van der Waals surface area contributed by atoms with Crippen molar-refractivity contribution in [3.05, 3.63) is 46.9 Å². The van der Waals surface area contributed by atoms with Crippen LogP contribution < -0.4 is 5.32 Å². The molecule has 152 valence electrons. The van der Waals surface area contributed by atoms with Gasteiger partial charge in [0.15, 0.2) is 11.5 Å². The summed E-state index contributed by atoms with van der Waals surface area (Å²) in [4.78, 5) is 18.3. The maximum Gasteiger partial charge on any atom is 0.418 e. The molecule has 4 rings (SSSR count). The molecule has 1 aliphatic rings. The molecule has 2 amide bonds. The largest absolute Gasteiger partial charge is 0.418 e. The van der Waals surface area contributed by atoms with Gasteiger partial charge in [0, 0.05) is 31.3 Å².